The van der Waals surface area contributed by atoms with Gasteiger partial charge in [0.25, 0.3) is 5.91 Å². The number of nitrogens with one attached hydrogen (secondary N) is 4. The number of aliphatic hydroxyl groups excluding tert-OH is 1. The standard InChI is InChI=1S/C55H70ClN9O7S/c1-32(34-11-13-35(14-12-34)45-33(2)59-31-73-45)61-48(69)42-25-38(66)30-65(42)49(70)46(52(3,4)5)62-44(67)29-60-55(21-10-22-55)72-39-19-23-64(24-20-39)43-18-16-37(28-58-43)47(68)63-50-53(6,7)51(54(50,8)9)71-40-17-15-36(27-57)41(56)26-40/h11-18,26,28,31-32,38-39,42,46,50-51,60,66H,10,19-25,29-30H2,1-9H3,(H,61,69)(H,62,67)(H,63,68)/t32-,38+,42-,46+,50-,51-/m0/s1. The summed E-state index contributed by atoms with van der Waals surface area (Å²) in [7, 11) is 0. The molecular formula is C55H70ClN9O7S. The summed E-state index contributed by atoms with van der Waals surface area (Å²) < 4.78 is 13.1. The average molecular weight is 1040 g/mol. The quantitative estimate of drug-likeness (QED) is 0.0692. The lowest BCUT2D eigenvalue weighted by Gasteiger charge is -2.63. The van der Waals surface area contributed by atoms with Gasteiger partial charge in [-0.2, -0.15) is 5.26 Å². The van der Waals surface area contributed by atoms with Gasteiger partial charge < -0.3 is 40.3 Å². The number of β-amino-alcohol motifs (C(OH)–C–C–N with tert-alkyl or cyclic N) is 1. The second-order valence-corrected chi connectivity index (χ2v) is 23.9. The minimum absolute atomic E-state index is 0.0148. The van der Waals surface area contributed by atoms with E-state index in [1.165, 1.54) is 4.90 Å². The van der Waals surface area contributed by atoms with Gasteiger partial charge in [0.05, 0.1) is 57.0 Å². The van der Waals surface area contributed by atoms with Gasteiger partial charge in [0.1, 0.15) is 41.5 Å². The van der Waals surface area contributed by atoms with Crippen LogP contribution in [-0.4, -0.2) is 112 Å². The van der Waals surface area contributed by atoms with Crippen molar-refractivity contribution in [2.75, 3.05) is 31.1 Å². The smallest absolute Gasteiger partial charge is 0.253 e. The van der Waals surface area contributed by atoms with E-state index >= 15 is 0 Å². The van der Waals surface area contributed by atoms with Crippen LogP contribution in [0.2, 0.25) is 5.02 Å². The number of aliphatic hydroxyl groups is 1. The molecule has 2 aromatic heterocycles. The summed E-state index contributed by atoms with van der Waals surface area (Å²) in [6.45, 7) is 19.1. The maximum atomic E-state index is 14.3. The molecule has 2 saturated heterocycles. The number of aromatic nitrogens is 2. The Kier molecular flexibility index (Phi) is 15.7. The van der Waals surface area contributed by atoms with E-state index in [1.54, 1.807) is 41.8 Å². The Morgan fingerprint density at radius 2 is 1.68 bits per heavy atom. The number of carbonyl (C=O) groups excluding carboxylic acids is 4. The van der Waals surface area contributed by atoms with E-state index in [4.69, 9.17) is 26.1 Å². The van der Waals surface area contributed by atoms with Crippen LogP contribution in [0.4, 0.5) is 5.82 Å². The molecule has 2 aromatic carbocycles. The summed E-state index contributed by atoms with van der Waals surface area (Å²) in [6.07, 6.45) is 4.51. The molecule has 4 atom stereocenters. The van der Waals surface area contributed by atoms with Crippen LogP contribution in [-0.2, 0) is 19.1 Å². The Morgan fingerprint density at radius 1 is 0.986 bits per heavy atom. The number of ether oxygens (including phenoxy) is 2. The predicted octanol–water partition coefficient (Wildman–Crippen LogP) is 7.48. The monoisotopic (exact) mass is 1040 g/mol. The highest BCUT2D eigenvalue weighted by Gasteiger charge is 2.64. The van der Waals surface area contributed by atoms with Gasteiger partial charge in [-0.3, -0.25) is 24.5 Å². The number of aryl methyl sites for hydroxylation is 1. The molecule has 5 N–H and O–H groups in total. The molecule has 0 unspecified atom stereocenters. The topological polar surface area (TPSA) is 211 Å². The fraction of sp³-hybridized carbons (Fsp3) is 0.545. The van der Waals surface area contributed by atoms with Crippen LogP contribution in [0.5, 0.6) is 5.75 Å². The number of amides is 4. The fourth-order valence-electron chi connectivity index (χ4n) is 11.3. The van der Waals surface area contributed by atoms with Gasteiger partial charge in [0.15, 0.2) is 0 Å². The van der Waals surface area contributed by atoms with Gasteiger partial charge in [0.2, 0.25) is 17.7 Å². The first kappa shape index (κ1) is 53.6. The van der Waals surface area contributed by atoms with Gasteiger partial charge in [-0.25, -0.2) is 9.97 Å². The second kappa shape index (κ2) is 21.3. The number of pyridine rings is 1. The second-order valence-electron chi connectivity index (χ2n) is 22.6. The summed E-state index contributed by atoms with van der Waals surface area (Å²) in [5.41, 5.74) is 3.40. The highest BCUT2D eigenvalue weighted by atomic mass is 35.5. The van der Waals surface area contributed by atoms with Gasteiger partial charge in [-0.05, 0) is 86.8 Å². The summed E-state index contributed by atoms with van der Waals surface area (Å²) >= 11 is 7.85. The first-order valence-corrected chi connectivity index (χ1v) is 26.6. The first-order chi connectivity index (χ1) is 34.5. The molecule has 4 aliphatic rings. The van der Waals surface area contributed by atoms with Crippen molar-refractivity contribution >= 4 is 52.4 Å². The van der Waals surface area contributed by atoms with E-state index in [-0.39, 0.29) is 61.5 Å². The number of hydrogen-bond acceptors (Lipinski definition) is 13. The number of likely N-dealkylation sites (tertiary alicyclic amines) is 1. The maximum absolute atomic E-state index is 14.3. The molecule has 0 spiro atoms. The van der Waals surface area contributed by atoms with Crippen molar-refractivity contribution in [2.24, 2.45) is 16.2 Å². The van der Waals surface area contributed by atoms with Crippen LogP contribution in [0.1, 0.15) is 127 Å². The van der Waals surface area contributed by atoms with Gasteiger partial charge in [-0.15, -0.1) is 11.3 Å². The molecule has 2 aliphatic carbocycles. The zero-order valence-electron chi connectivity index (χ0n) is 43.4. The maximum Gasteiger partial charge on any atom is 0.253 e. The van der Waals surface area contributed by atoms with Crippen molar-refractivity contribution in [3.05, 3.63) is 93.7 Å². The highest BCUT2D eigenvalue weighted by Crippen LogP contribution is 2.55. The largest absolute Gasteiger partial charge is 0.489 e. The van der Waals surface area contributed by atoms with Crippen LogP contribution >= 0.6 is 22.9 Å². The van der Waals surface area contributed by atoms with E-state index in [1.807, 2.05) is 70.5 Å². The van der Waals surface area contributed by atoms with E-state index in [0.29, 0.717) is 35.0 Å². The number of benzene rings is 2. The molecule has 4 fully saturated rings. The zero-order valence-corrected chi connectivity index (χ0v) is 45.0. The number of anilines is 1. The molecule has 16 nitrogen and oxygen atoms in total. The van der Waals surface area contributed by atoms with Crippen LogP contribution in [0.3, 0.4) is 0 Å². The average Bonchev–Trinajstić information content (AvgIpc) is 3.97. The Hall–Kier alpha value is -5.64. The highest BCUT2D eigenvalue weighted by molar-refractivity contribution is 7.13. The molecular weight excluding hydrogens is 966 g/mol. The number of thiazole rings is 1. The van der Waals surface area contributed by atoms with Crippen molar-refractivity contribution in [3.63, 3.8) is 0 Å². The molecule has 4 aromatic rings. The van der Waals surface area contributed by atoms with Gasteiger partial charge >= 0.3 is 0 Å². The van der Waals surface area contributed by atoms with E-state index in [0.717, 1.165) is 59.6 Å². The molecule has 2 aliphatic heterocycles. The summed E-state index contributed by atoms with van der Waals surface area (Å²) in [6, 6.07) is 16.4. The zero-order chi connectivity index (χ0) is 52.6. The molecule has 2 saturated carbocycles. The minimum atomic E-state index is -0.958. The van der Waals surface area contributed by atoms with Gasteiger partial charge in [-0.1, -0.05) is 84.3 Å². The molecule has 390 valence electrons. The van der Waals surface area contributed by atoms with Crippen LogP contribution in [0.15, 0.2) is 66.3 Å². The number of nitriles is 1. The van der Waals surface area contributed by atoms with Crippen molar-refractivity contribution in [3.8, 4) is 22.3 Å². The number of carbonyl (C=O) groups is 4. The molecule has 0 radical (unpaired) electrons. The SMILES string of the molecule is Cc1ncsc1-c1ccc([C@H](C)NC(=O)[C@@H]2C[C@@H](O)CN2C(=O)[C@@H](NC(=O)CNC2(OC3CCN(c4ccc(C(=O)N[C@H]5C(C)(C)[C@H](Oc6ccc(C#N)c(Cl)c6)C5(C)C)cn4)CC3)CCC2)C(C)(C)C)cc1. The lowest BCUT2D eigenvalue weighted by atomic mass is 9.49. The number of rotatable bonds is 16. The third-order valence-corrected chi connectivity index (χ3v) is 16.7. The molecule has 8 rings (SSSR count). The number of nitrogens with zero attached hydrogens (tertiary/aromatic N) is 5. The molecule has 18 heteroatoms. The predicted molar refractivity (Wildman–Crippen MR) is 281 cm³/mol. The van der Waals surface area contributed by atoms with Crippen molar-refractivity contribution in [2.45, 2.75) is 149 Å². The fourth-order valence-corrected chi connectivity index (χ4v) is 12.4. The Bertz CT molecular complexity index is 2690. The lowest BCUT2D eigenvalue weighted by Crippen LogP contribution is -2.74. The Labute approximate surface area is 438 Å². The number of hydrogen-bond donors (Lipinski definition) is 5. The van der Waals surface area contributed by atoms with Crippen molar-refractivity contribution in [1.29, 1.82) is 5.26 Å². The van der Waals surface area contributed by atoms with Gasteiger partial charge in [0, 0.05) is 55.2 Å². The molecule has 73 heavy (non-hydrogen) atoms. The van der Waals surface area contributed by atoms with Crippen LogP contribution in [0.25, 0.3) is 10.4 Å². The Morgan fingerprint density at radius 3 is 2.26 bits per heavy atom. The van der Waals surface area contributed by atoms with Crippen molar-refractivity contribution in [1.82, 2.24) is 36.1 Å². The summed E-state index contributed by atoms with van der Waals surface area (Å²) in [4.78, 5) is 69.2. The van der Waals surface area contributed by atoms with Crippen molar-refractivity contribution < 1.29 is 33.8 Å². The van der Waals surface area contributed by atoms with E-state index in [2.05, 4.69) is 64.9 Å². The third kappa shape index (κ3) is 11.5. The first-order valence-electron chi connectivity index (χ1n) is 25.4. The van der Waals surface area contributed by atoms with E-state index in [9.17, 15) is 29.5 Å². The summed E-state index contributed by atoms with van der Waals surface area (Å²) in [5, 5.41) is 33.0. The minimum Gasteiger partial charge on any atom is -0.489 e. The van der Waals surface area contributed by atoms with Crippen LogP contribution < -0.4 is 30.9 Å². The molecule has 4 heterocycles. The Balaban J connectivity index is 0.799. The lowest BCUT2D eigenvalue weighted by molar-refractivity contribution is -0.166. The third-order valence-electron chi connectivity index (χ3n) is 15.4. The van der Waals surface area contributed by atoms with E-state index < -0.39 is 46.1 Å². The molecule has 0 bridgehead atoms. The number of halogens is 1. The normalized spacial score (nSPS) is 23.0. The molecule has 4 amide bonds. The summed E-state index contributed by atoms with van der Waals surface area (Å²) in [5.74, 6) is -0.00802. The van der Waals surface area contributed by atoms with Crippen LogP contribution in [0, 0.1) is 34.5 Å². The number of piperidine rings is 1.